The fourth-order valence-corrected chi connectivity index (χ4v) is 4.40. The Balaban J connectivity index is 2.44. The largest absolute Gasteiger partial charge is 0.399 e. The van der Waals surface area contributed by atoms with Gasteiger partial charge in [0.25, 0.3) is 0 Å². The van der Waals surface area contributed by atoms with Gasteiger partial charge in [-0.05, 0) is 37.5 Å². The van der Waals surface area contributed by atoms with Crippen LogP contribution in [-0.2, 0) is 14.8 Å². The summed E-state index contributed by atoms with van der Waals surface area (Å²) in [5.74, 6) is -0.271. The number of nitrogens with one attached hydrogen (secondary N) is 1. The summed E-state index contributed by atoms with van der Waals surface area (Å²) < 4.78 is 26.7. The molecule has 1 aliphatic rings. The molecule has 0 radical (unpaired) electrons. The number of carbonyl (C=O) groups excluding carboxylic acids is 1. The summed E-state index contributed by atoms with van der Waals surface area (Å²) in [6, 6.07) is 4.15. The Morgan fingerprint density at radius 3 is 2.80 bits per heavy atom. The van der Waals surface area contributed by atoms with Gasteiger partial charge in [0, 0.05) is 19.3 Å². The van der Waals surface area contributed by atoms with Crippen LogP contribution in [0.2, 0.25) is 0 Å². The summed E-state index contributed by atoms with van der Waals surface area (Å²) in [4.78, 5) is 12.0. The molecule has 0 saturated carbocycles. The van der Waals surface area contributed by atoms with Crippen LogP contribution in [0.3, 0.4) is 0 Å². The van der Waals surface area contributed by atoms with Gasteiger partial charge in [-0.1, -0.05) is 6.07 Å². The fourth-order valence-electron chi connectivity index (χ4n) is 2.48. The van der Waals surface area contributed by atoms with E-state index in [0.717, 1.165) is 0 Å². The number of benzene rings is 1. The summed E-state index contributed by atoms with van der Waals surface area (Å²) in [7, 11) is -2.19. The molecule has 7 heteroatoms. The number of likely N-dealkylation sites (N-methyl/N-ethyl adjacent to an activating group) is 1. The van der Waals surface area contributed by atoms with E-state index in [1.54, 1.807) is 19.1 Å². The molecule has 1 heterocycles. The topological polar surface area (TPSA) is 92.5 Å². The number of sulfonamides is 1. The number of amides is 1. The first-order valence-corrected chi connectivity index (χ1v) is 7.91. The average Bonchev–Trinajstić information content (AvgIpc) is 2.90. The fraction of sp³-hybridized carbons (Fsp3) is 0.462. The summed E-state index contributed by atoms with van der Waals surface area (Å²) in [5, 5.41) is 2.52. The van der Waals surface area contributed by atoms with Gasteiger partial charge in [-0.2, -0.15) is 4.31 Å². The SMILES string of the molecule is CNC(=O)C1CCCN1S(=O)(=O)c1cc(N)ccc1C. The van der Waals surface area contributed by atoms with E-state index in [1.165, 1.54) is 17.4 Å². The van der Waals surface area contributed by atoms with Gasteiger partial charge in [0.1, 0.15) is 6.04 Å². The van der Waals surface area contributed by atoms with Crippen molar-refractivity contribution in [3.63, 3.8) is 0 Å². The van der Waals surface area contributed by atoms with Crippen LogP contribution < -0.4 is 11.1 Å². The average molecular weight is 297 g/mol. The van der Waals surface area contributed by atoms with Crippen LogP contribution in [0.1, 0.15) is 18.4 Å². The third kappa shape index (κ3) is 2.51. The zero-order valence-corrected chi connectivity index (χ0v) is 12.4. The van der Waals surface area contributed by atoms with Crippen molar-refractivity contribution in [2.75, 3.05) is 19.3 Å². The molecular weight excluding hydrogens is 278 g/mol. The van der Waals surface area contributed by atoms with E-state index >= 15 is 0 Å². The Bertz CT molecular complexity index is 628. The Hall–Kier alpha value is -1.60. The van der Waals surface area contributed by atoms with Crippen molar-refractivity contribution in [2.24, 2.45) is 0 Å². The Kier molecular flexibility index (Phi) is 4.01. The number of hydrogen-bond donors (Lipinski definition) is 2. The number of hydrogen-bond acceptors (Lipinski definition) is 4. The molecule has 1 fully saturated rings. The van der Waals surface area contributed by atoms with Gasteiger partial charge in [0.2, 0.25) is 15.9 Å². The number of nitrogen functional groups attached to an aromatic ring is 1. The van der Waals surface area contributed by atoms with Gasteiger partial charge >= 0.3 is 0 Å². The lowest BCUT2D eigenvalue weighted by atomic mass is 10.2. The van der Waals surface area contributed by atoms with Crippen molar-refractivity contribution in [1.82, 2.24) is 9.62 Å². The lowest BCUT2D eigenvalue weighted by molar-refractivity contribution is -0.123. The molecule has 0 aromatic heterocycles. The van der Waals surface area contributed by atoms with Gasteiger partial charge in [0.05, 0.1) is 4.90 Å². The van der Waals surface area contributed by atoms with Crippen molar-refractivity contribution in [1.29, 1.82) is 0 Å². The maximum absolute atomic E-state index is 12.7. The van der Waals surface area contributed by atoms with Crippen LogP contribution in [0.15, 0.2) is 23.1 Å². The summed E-state index contributed by atoms with van der Waals surface area (Å²) in [6.45, 7) is 2.08. The quantitative estimate of drug-likeness (QED) is 0.794. The van der Waals surface area contributed by atoms with Crippen LogP contribution in [0.25, 0.3) is 0 Å². The highest BCUT2D eigenvalue weighted by molar-refractivity contribution is 7.89. The first-order valence-electron chi connectivity index (χ1n) is 6.47. The van der Waals surface area contributed by atoms with E-state index in [0.29, 0.717) is 30.6 Å². The van der Waals surface area contributed by atoms with Crippen molar-refractivity contribution in [2.45, 2.75) is 30.7 Å². The highest BCUT2D eigenvalue weighted by Crippen LogP contribution is 2.28. The molecule has 1 aromatic carbocycles. The first-order chi connectivity index (χ1) is 9.37. The lowest BCUT2D eigenvalue weighted by Crippen LogP contribution is -2.44. The molecule has 1 unspecified atom stereocenters. The zero-order chi connectivity index (χ0) is 14.9. The van der Waals surface area contributed by atoms with E-state index in [4.69, 9.17) is 5.73 Å². The molecule has 110 valence electrons. The smallest absolute Gasteiger partial charge is 0.244 e. The van der Waals surface area contributed by atoms with Crippen LogP contribution >= 0.6 is 0 Å². The summed E-state index contributed by atoms with van der Waals surface area (Å²) in [5.41, 5.74) is 6.70. The monoisotopic (exact) mass is 297 g/mol. The molecule has 2 rings (SSSR count). The maximum atomic E-state index is 12.7. The van der Waals surface area contributed by atoms with Gasteiger partial charge in [-0.25, -0.2) is 8.42 Å². The van der Waals surface area contributed by atoms with Crippen LogP contribution in [-0.4, -0.2) is 38.3 Å². The molecule has 1 aromatic rings. The summed E-state index contributed by atoms with van der Waals surface area (Å²) >= 11 is 0. The minimum absolute atomic E-state index is 0.174. The Labute approximate surface area is 119 Å². The number of aryl methyl sites for hydroxylation is 1. The number of rotatable bonds is 3. The second kappa shape index (κ2) is 5.41. The normalized spacial score (nSPS) is 20.0. The van der Waals surface area contributed by atoms with E-state index in [-0.39, 0.29) is 10.8 Å². The minimum atomic E-state index is -3.70. The highest BCUT2D eigenvalue weighted by atomic mass is 32.2. The molecule has 0 spiro atoms. The number of anilines is 1. The molecule has 1 aliphatic heterocycles. The van der Waals surface area contributed by atoms with Gasteiger partial charge < -0.3 is 11.1 Å². The van der Waals surface area contributed by atoms with E-state index in [1.807, 2.05) is 0 Å². The second-order valence-electron chi connectivity index (χ2n) is 4.91. The summed E-state index contributed by atoms with van der Waals surface area (Å²) in [6.07, 6.45) is 1.22. The lowest BCUT2D eigenvalue weighted by Gasteiger charge is -2.23. The van der Waals surface area contributed by atoms with Crippen LogP contribution in [0.4, 0.5) is 5.69 Å². The third-order valence-electron chi connectivity index (χ3n) is 3.55. The van der Waals surface area contributed by atoms with Crippen molar-refractivity contribution in [3.05, 3.63) is 23.8 Å². The van der Waals surface area contributed by atoms with Gasteiger partial charge in [-0.3, -0.25) is 4.79 Å². The third-order valence-corrected chi connectivity index (χ3v) is 5.60. The predicted molar refractivity (Wildman–Crippen MR) is 76.6 cm³/mol. The number of nitrogens with zero attached hydrogens (tertiary/aromatic N) is 1. The molecule has 1 amide bonds. The van der Waals surface area contributed by atoms with E-state index < -0.39 is 16.1 Å². The Morgan fingerprint density at radius 2 is 2.15 bits per heavy atom. The van der Waals surface area contributed by atoms with Gasteiger partial charge in [-0.15, -0.1) is 0 Å². The molecule has 1 atom stereocenters. The van der Waals surface area contributed by atoms with Crippen molar-refractivity contribution < 1.29 is 13.2 Å². The van der Waals surface area contributed by atoms with Crippen molar-refractivity contribution >= 4 is 21.6 Å². The molecule has 20 heavy (non-hydrogen) atoms. The molecule has 3 N–H and O–H groups in total. The number of carbonyl (C=O) groups is 1. The first kappa shape index (κ1) is 14.8. The molecule has 1 saturated heterocycles. The molecule has 6 nitrogen and oxygen atoms in total. The van der Waals surface area contributed by atoms with Crippen LogP contribution in [0, 0.1) is 6.92 Å². The highest BCUT2D eigenvalue weighted by Gasteiger charge is 2.39. The van der Waals surface area contributed by atoms with Gasteiger partial charge in [0.15, 0.2) is 0 Å². The maximum Gasteiger partial charge on any atom is 0.244 e. The molecule has 0 aliphatic carbocycles. The molecule has 0 bridgehead atoms. The van der Waals surface area contributed by atoms with E-state index in [2.05, 4.69) is 5.32 Å². The van der Waals surface area contributed by atoms with Crippen LogP contribution in [0.5, 0.6) is 0 Å². The van der Waals surface area contributed by atoms with E-state index in [9.17, 15) is 13.2 Å². The molecular formula is C13H19N3O3S. The predicted octanol–water partition coefficient (Wildman–Crippen LogP) is 0.476. The zero-order valence-electron chi connectivity index (χ0n) is 11.6. The second-order valence-corrected chi connectivity index (χ2v) is 6.77. The minimum Gasteiger partial charge on any atom is -0.399 e. The van der Waals surface area contributed by atoms with Crippen molar-refractivity contribution in [3.8, 4) is 0 Å². The standard InChI is InChI=1S/C13H19N3O3S/c1-9-5-6-10(14)8-12(9)20(18,19)16-7-3-4-11(16)13(17)15-2/h5-6,8,11H,3-4,7,14H2,1-2H3,(H,15,17). The Morgan fingerprint density at radius 1 is 1.45 bits per heavy atom. The number of nitrogens with two attached hydrogens (primary N) is 1.